The molecule has 3 heterocycles. The first kappa shape index (κ1) is 16.0. The molecule has 0 saturated carbocycles. The normalized spacial score (nSPS) is 19.9. The molecule has 2 aromatic heterocycles. The molecule has 26 heavy (non-hydrogen) atoms. The van der Waals surface area contributed by atoms with E-state index in [2.05, 4.69) is 16.0 Å². The second kappa shape index (κ2) is 6.12. The average Bonchev–Trinajstić information content (AvgIpc) is 3.12. The summed E-state index contributed by atoms with van der Waals surface area (Å²) < 4.78 is 20.8. The Bertz CT molecular complexity index is 1060. The van der Waals surface area contributed by atoms with Crippen molar-refractivity contribution in [2.45, 2.75) is 18.5 Å². The molecule has 0 unspecified atom stereocenters. The summed E-state index contributed by atoms with van der Waals surface area (Å²) in [5, 5.41) is 18.1. The van der Waals surface area contributed by atoms with Crippen LogP contribution in [0.3, 0.4) is 0 Å². The fourth-order valence-electron chi connectivity index (χ4n) is 3.21. The van der Waals surface area contributed by atoms with Gasteiger partial charge in [-0.05, 0) is 36.6 Å². The first-order chi connectivity index (χ1) is 12.6. The minimum atomic E-state index is -1.80. The van der Waals surface area contributed by atoms with Crippen LogP contribution in [0.1, 0.15) is 24.3 Å². The SMILES string of the molecule is N#Cc1cccc(-c2cnc3oc([C@@]4(F)CCCN(C#N)C4)nc3c2)c1. The number of oxazole rings is 1. The van der Waals surface area contributed by atoms with Gasteiger partial charge in [-0.1, -0.05) is 12.1 Å². The quantitative estimate of drug-likeness (QED) is 0.659. The van der Waals surface area contributed by atoms with E-state index in [1.54, 1.807) is 30.5 Å². The molecule has 6 nitrogen and oxygen atoms in total. The second-order valence-corrected chi connectivity index (χ2v) is 6.35. The summed E-state index contributed by atoms with van der Waals surface area (Å²) in [7, 11) is 0. The van der Waals surface area contributed by atoms with Gasteiger partial charge in [0.1, 0.15) is 5.52 Å². The van der Waals surface area contributed by atoms with Crippen molar-refractivity contribution in [2.24, 2.45) is 0 Å². The third-order valence-electron chi connectivity index (χ3n) is 4.54. The van der Waals surface area contributed by atoms with Crippen LogP contribution in [0.4, 0.5) is 4.39 Å². The van der Waals surface area contributed by atoms with Crippen molar-refractivity contribution < 1.29 is 8.81 Å². The fraction of sp³-hybridized carbons (Fsp3) is 0.263. The molecule has 0 amide bonds. The summed E-state index contributed by atoms with van der Waals surface area (Å²) in [6, 6.07) is 11.0. The molecule has 1 saturated heterocycles. The van der Waals surface area contributed by atoms with Crippen LogP contribution in [0.5, 0.6) is 0 Å². The van der Waals surface area contributed by atoms with Gasteiger partial charge in [0.25, 0.3) is 0 Å². The number of hydrogen-bond donors (Lipinski definition) is 0. The van der Waals surface area contributed by atoms with E-state index in [-0.39, 0.29) is 24.6 Å². The van der Waals surface area contributed by atoms with Gasteiger partial charge in [-0.15, -0.1) is 0 Å². The van der Waals surface area contributed by atoms with Crippen LogP contribution < -0.4 is 0 Å². The molecule has 0 aliphatic carbocycles. The minimum absolute atomic E-state index is 0.0390. The molecule has 1 aliphatic rings. The van der Waals surface area contributed by atoms with E-state index >= 15 is 4.39 Å². The van der Waals surface area contributed by atoms with Crippen molar-refractivity contribution in [1.29, 1.82) is 10.5 Å². The number of nitrogens with zero attached hydrogens (tertiary/aromatic N) is 5. The molecule has 1 atom stereocenters. The topological polar surface area (TPSA) is 89.7 Å². The van der Waals surface area contributed by atoms with Crippen LogP contribution in [-0.4, -0.2) is 28.0 Å². The lowest BCUT2D eigenvalue weighted by molar-refractivity contribution is 0.0449. The van der Waals surface area contributed by atoms with Gasteiger partial charge in [0, 0.05) is 18.3 Å². The Hall–Kier alpha value is -3.45. The first-order valence-corrected chi connectivity index (χ1v) is 8.22. The molecule has 1 aliphatic heterocycles. The lowest BCUT2D eigenvalue weighted by atomic mass is 9.95. The zero-order valence-corrected chi connectivity index (χ0v) is 13.8. The summed E-state index contributed by atoms with van der Waals surface area (Å²) >= 11 is 0. The zero-order chi connectivity index (χ0) is 18.1. The van der Waals surface area contributed by atoms with Crippen LogP contribution in [0.25, 0.3) is 22.4 Å². The highest BCUT2D eigenvalue weighted by Gasteiger charge is 2.42. The van der Waals surface area contributed by atoms with E-state index in [0.29, 0.717) is 24.0 Å². The highest BCUT2D eigenvalue weighted by molar-refractivity contribution is 5.77. The number of halogens is 1. The fourth-order valence-corrected chi connectivity index (χ4v) is 3.21. The van der Waals surface area contributed by atoms with Crippen LogP contribution in [0.15, 0.2) is 40.9 Å². The smallest absolute Gasteiger partial charge is 0.247 e. The lowest BCUT2D eigenvalue weighted by Crippen LogP contribution is -2.41. The van der Waals surface area contributed by atoms with Crippen LogP contribution in [0.2, 0.25) is 0 Å². The standard InChI is InChI=1S/C19H14FN5O/c20-19(5-2-6-25(11-19)12-22)18-24-16-8-15(10-23-17(16)26-18)14-4-1-3-13(7-14)9-21/h1,3-4,7-8,10H,2,5-6,11H2/t19-/m1/s1. The molecular formula is C19H14FN5O. The van der Waals surface area contributed by atoms with E-state index in [4.69, 9.17) is 14.9 Å². The van der Waals surface area contributed by atoms with Gasteiger partial charge < -0.3 is 9.32 Å². The van der Waals surface area contributed by atoms with Crippen LogP contribution >= 0.6 is 0 Å². The van der Waals surface area contributed by atoms with Gasteiger partial charge in [0.15, 0.2) is 6.19 Å². The van der Waals surface area contributed by atoms with Crippen molar-refractivity contribution >= 4 is 11.2 Å². The number of nitriles is 2. The van der Waals surface area contributed by atoms with Crippen molar-refractivity contribution in [3.8, 4) is 23.4 Å². The number of likely N-dealkylation sites (tertiary alicyclic amines) is 1. The van der Waals surface area contributed by atoms with E-state index in [0.717, 1.165) is 11.1 Å². The molecule has 1 aromatic carbocycles. The summed E-state index contributed by atoms with van der Waals surface area (Å²) in [6.45, 7) is 0.480. The van der Waals surface area contributed by atoms with Gasteiger partial charge in [-0.25, -0.2) is 14.4 Å². The molecule has 1 fully saturated rings. The number of alkyl halides is 1. The van der Waals surface area contributed by atoms with E-state index in [9.17, 15) is 0 Å². The molecule has 0 spiro atoms. The Morgan fingerprint density at radius 1 is 1.23 bits per heavy atom. The van der Waals surface area contributed by atoms with Gasteiger partial charge in [0.2, 0.25) is 17.3 Å². The molecule has 0 bridgehead atoms. The summed E-state index contributed by atoms with van der Waals surface area (Å²) in [4.78, 5) is 9.92. The third-order valence-corrected chi connectivity index (χ3v) is 4.54. The van der Waals surface area contributed by atoms with Crippen molar-refractivity contribution in [2.75, 3.05) is 13.1 Å². The van der Waals surface area contributed by atoms with Crippen molar-refractivity contribution in [1.82, 2.24) is 14.9 Å². The van der Waals surface area contributed by atoms with Crippen molar-refractivity contribution in [3.63, 3.8) is 0 Å². The van der Waals surface area contributed by atoms with E-state index in [1.807, 2.05) is 12.3 Å². The van der Waals surface area contributed by atoms with Crippen molar-refractivity contribution in [3.05, 3.63) is 48.0 Å². The van der Waals surface area contributed by atoms with Crippen LogP contribution in [-0.2, 0) is 5.67 Å². The molecule has 4 rings (SSSR count). The average molecular weight is 347 g/mol. The Balaban J connectivity index is 1.72. The molecule has 0 N–H and O–H groups in total. The Kier molecular flexibility index (Phi) is 3.78. The summed E-state index contributed by atoms with van der Waals surface area (Å²) in [6.07, 6.45) is 4.42. The number of hydrogen-bond acceptors (Lipinski definition) is 6. The molecule has 0 radical (unpaired) electrons. The predicted octanol–water partition coefficient (Wildman–Crippen LogP) is 3.50. The van der Waals surface area contributed by atoms with Gasteiger partial charge in [-0.2, -0.15) is 10.5 Å². The predicted molar refractivity (Wildman–Crippen MR) is 91.2 cm³/mol. The number of piperidine rings is 1. The highest BCUT2D eigenvalue weighted by Crippen LogP contribution is 2.36. The molecule has 3 aromatic rings. The number of benzene rings is 1. The van der Waals surface area contributed by atoms with Gasteiger partial charge in [-0.3, -0.25) is 0 Å². The monoisotopic (exact) mass is 347 g/mol. The van der Waals surface area contributed by atoms with Crippen LogP contribution in [0, 0.1) is 22.8 Å². The largest absolute Gasteiger partial charge is 0.419 e. The Morgan fingerprint density at radius 3 is 2.92 bits per heavy atom. The Morgan fingerprint density at radius 2 is 2.12 bits per heavy atom. The maximum Gasteiger partial charge on any atom is 0.247 e. The Labute approximate surface area is 149 Å². The van der Waals surface area contributed by atoms with Gasteiger partial charge >= 0.3 is 0 Å². The summed E-state index contributed by atoms with van der Waals surface area (Å²) in [5.74, 6) is -0.0390. The minimum Gasteiger partial charge on any atom is -0.419 e. The number of rotatable bonds is 2. The first-order valence-electron chi connectivity index (χ1n) is 8.22. The van der Waals surface area contributed by atoms with E-state index < -0.39 is 5.67 Å². The van der Waals surface area contributed by atoms with E-state index in [1.165, 1.54) is 4.90 Å². The third kappa shape index (κ3) is 2.74. The number of fused-ring (bicyclic) bond motifs is 1. The molecule has 128 valence electrons. The second-order valence-electron chi connectivity index (χ2n) is 6.35. The maximum absolute atomic E-state index is 15.3. The summed E-state index contributed by atoms with van der Waals surface area (Å²) in [5.41, 5.74) is 1.05. The highest BCUT2D eigenvalue weighted by atomic mass is 19.1. The maximum atomic E-state index is 15.3. The molecular weight excluding hydrogens is 333 g/mol. The molecule has 7 heteroatoms. The zero-order valence-electron chi connectivity index (χ0n) is 13.8. The lowest BCUT2D eigenvalue weighted by Gasteiger charge is -2.31. The van der Waals surface area contributed by atoms with Gasteiger partial charge in [0.05, 0.1) is 18.2 Å². The number of aromatic nitrogens is 2. The number of pyridine rings is 1.